The van der Waals surface area contributed by atoms with E-state index in [1.54, 1.807) is 0 Å². The smallest absolute Gasteiger partial charge is 0.469 e. The van der Waals surface area contributed by atoms with Gasteiger partial charge >= 0.3 is 13.8 Å². The van der Waals surface area contributed by atoms with Crippen molar-refractivity contribution in [1.29, 1.82) is 5.26 Å². The minimum Gasteiger partial charge on any atom is -0.495 e. The van der Waals surface area contributed by atoms with E-state index in [2.05, 4.69) is 21.2 Å². The van der Waals surface area contributed by atoms with E-state index in [9.17, 15) is 19.4 Å². The van der Waals surface area contributed by atoms with E-state index in [0.717, 1.165) is 6.07 Å². The predicted octanol–water partition coefficient (Wildman–Crippen LogP) is 6.51. The SMILES string of the molecule is COc1cc(C(=O)OCCOP(=O)(O)O)ccc1NC(=O)C1NC(CC(C)(C)C)C(C#N)(c2ccc(Cl)cc2F)C1c1cccc(Cl)c1F. The number of nitrogens with one attached hydrogen (secondary N) is 2. The molecule has 16 heteroatoms. The first-order valence-electron chi connectivity index (χ1n) is 14.8. The Labute approximate surface area is 291 Å². The highest BCUT2D eigenvalue weighted by atomic mass is 35.5. The van der Waals surface area contributed by atoms with Crippen LogP contribution in [0.1, 0.15) is 54.6 Å². The largest absolute Gasteiger partial charge is 0.495 e. The van der Waals surface area contributed by atoms with Crippen LogP contribution in [0.25, 0.3) is 0 Å². The van der Waals surface area contributed by atoms with Gasteiger partial charge in [-0.2, -0.15) is 5.26 Å². The number of phosphoric acid groups is 1. The number of halogens is 4. The first-order chi connectivity index (χ1) is 22.9. The number of amides is 1. The molecule has 4 unspecified atom stereocenters. The Bertz CT molecular complexity index is 1830. The molecule has 4 N–H and O–H groups in total. The van der Waals surface area contributed by atoms with Crippen molar-refractivity contribution in [1.82, 2.24) is 5.32 Å². The number of carbonyl (C=O) groups excluding carboxylic acids is 2. The summed E-state index contributed by atoms with van der Waals surface area (Å²) in [6.45, 7) is 4.74. The highest BCUT2D eigenvalue weighted by molar-refractivity contribution is 7.46. The lowest BCUT2D eigenvalue weighted by molar-refractivity contribution is -0.118. The molecule has 4 rings (SSSR count). The Morgan fingerprint density at radius 2 is 1.82 bits per heavy atom. The van der Waals surface area contributed by atoms with Crippen LogP contribution in [-0.2, 0) is 24.0 Å². The second-order valence-electron chi connectivity index (χ2n) is 12.6. The average Bonchev–Trinajstić information content (AvgIpc) is 3.33. The number of ether oxygens (including phenoxy) is 2. The maximum absolute atomic E-state index is 15.9. The molecular formula is C33H34Cl2F2N3O8P. The minimum atomic E-state index is -4.74. The lowest BCUT2D eigenvalue weighted by atomic mass is 9.62. The molecule has 1 aliphatic heterocycles. The number of hydrogen-bond acceptors (Lipinski definition) is 8. The summed E-state index contributed by atoms with van der Waals surface area (Å²) in [7, 11) is -3.46. The Morgan fingerprint density at radius 3 is 2.43 bits per heavy atom. The van der Waals surface area contributed by atoms with Crippen LogP contribution in [0.5, 0.6) is 5.75 Å². The van der Waals surface area contributed by atoms with Gasteiger partial charge in [0.15, 0.2) is 0 Å². The van der Waals surface area contributed by atoms with Gasteiger partial charge in [-0.05, 0) is 53.8 Å². The number of phosphoric ester groups is 1. The predicted molar refractivity (Wildman–Crippen MR) is 178 cm³/mol. The zero-order chi connectivity index (χ0) is 36.3. The monoisotopic (exact) mass is 739 g/mol. The molecule has 0 aliphatic carbocycles. The van der Waals surface area contributed by atoms with Crippen molar-refractivity contribution in [3.05, 3.63) is 93.0 Å². The van der Waals surface area contributed by atoms with E-state index in [1.165, 1.54) is 55.6 Å². The topological polar surface area (TPSA) is 167 Å². The molecule has 49 heavy (non-hydrogen) atoms. The van der Waals surface area contributed by atoms with E-state index in [-0.39, 0.29) is 44.6 Å². The summed E-state index contributed by atoms with van der Waals surface area (Å²) in [5, 5.41) is 16.8. The Balaban J connectivity index is 1.77. The molecule has 0 spiro atoms. The average molecular weight is 741 g/mol. The Morgan fingerprint density at radius 1 is 1.10 bits per heavy atom. The van der Waals surface area contributed by atoms with Gasteiger partial charge in [0.05, 0.1) is 42.1 Å². The summed E-state index contributed by atoms with van der Waals surface area (Å²) in [5.74, 6) is -4.55. The molecule has 1 amide bonds. The molecule has 0 bridgehead atoms. The quantitative estimate of drug-likeness (QED) is 0.0968. The molecule has 11 nitrogen and oxygen atoms in total. The van der Waals surface area contributed by atoms with E-state index in [0.29, 0.717) is 0 Å². The standard InChI is InChI=1S/C33H34Cl2F2N3O8P/c1-32(2,3)16-26-33(17-38,21-10-9-19(34)15-23(21)36)27(20-6-5-7-22(35)28(20)37)29(40-26)30(41)39-24-11-8-18(14-25(24)46-4)31(42)47-12-13-48-49(43,44)45/h5-11,14-15,26-27,29,40H,12-13,16H2,1-4H3,(H,39,41)(H2,43,44,45). The Kier molecular flexibility index (Phi) is 11.8. The van der Waals surface area contributed by atoms with Crippen molar-refractivity contribution in [3.8, 4) is 11.8 Å². The van der Waals surface area contributed by atoms with Crippen LogP contribution in [0, 0.1) is 28.4 Å². The van der Waals surface area contributed by atoms with Crippen LogP contribution in [0.3, 0.4) is 0 Å². The van der Waals surface area contributed by atoms with Crippen molar-refractivity contribution < 1.29 is 46.7 Å². The Hall–Kier alpha value is -3.60. The third-order valence-electron chi connectivity index (χ3n) is 8.00. The zero-order valence-corrected chi connectivity index (χ0v) is 29.2. The van der Waals surface area contributed by atoms with Crippen LogP contribution >= 0.6 is 31.0 Å². The molecular weight excluding hydrogens is 706 g/mol. The fourth-order valence-corrected chi connectivity index (χ4v) is 6.72. The van der Waals surface area contributed by atoms with Gasteiger partial charge in [0.25, 0.3) is 0 Å². The lowest BCUT2D eigenvalue weighted by Crippen LogP contribution is -2.45. The highest BCUT2D eigenvalue weighted by Crippen LogP contribution is 2.53. The molecule has 3 aromatic rings. The molecule has 0 radical (unpaired) electrons. The second-order valence-corrected chi connectivity index (χ2v) is 14.6. The highest BCUT2D eigenvalue weighted by Gasteiger charge is 2.61. The number of anilines is 1. The first-order valence-corrected chi connectivity index (χ1v) is 17.1. The molecule has 1 heterocycles. The van der Waals surface area contributed by atoms with Gasteiger partial charge in [0.2, 0.25) is 5.91 Å². The number of benzene rings is 3. The van der Waals surface area contributed by atoms with Gasteiger partial charge in [-0.25, -0.2) is 18.1 Å². The summed E-state index contributed by atoms with van der Waals surface area (Å²) in [5.41, 5.74) is -2.36. The third kappa shape index (κ3) is 8.59. The van der Waals surface area contributed by atoms with Crippen LogP contribution in [0.4, 0.5) is 14.5 Å². The third-order valence-corrected chi connectivity index (χ3v) is 9.05. The molecule has 3 aromatic carbocycles. The molecule has 1 saturated heterocycles. The maximum atomic E-state index is 15.9. The van der Waals surface area contributed by atoms with Crippen molar-refractivity contribution in [3.63, 3.8) is 0 Å². The maximum Gasteiger partial charge on any atom is 0.469 e. The van der Waals surface area contributed by atoms with Gasteiger partial charge < -0.3 is 29.9 Å². The number of rotatable bonds is 11. The number of nitriles is 1. The molecule has 1 aliphatic rings. The van der Waals surface area contributed by atoms with E-state index < -0.39 is 73.4 Å². The summed E-state index contributed by atoms with van der Waals surface area (Å²) >= 11 is 12.3. The number of hydrogen-bond donors (Lipinski definition) is 4. The summed E-state index contributed by atoms with van der Waals surface area (Å²) in [6.07, 6.45) is 0.268. The van der Waals surface area contributed by atoms with Crippen LogP contribution in [0.15, 0.2) is 54.6 Å². The summed E-state index contributed by atoms with van der Waals surface area (Å²) < 4.78 is 57.2. The number of methoxy groups -OCH3 is 1. The minimum absolute atomic E-state index is 0.0177. The molecule has 4 atom stereocenters. The van der Waals surface area contributed by atoms with Crippen molar-refractivity contribution >= 4 is 48.6 Å². The zero-order valence-electron chi connectivity index (χ0n) is 26.8. The van der Waals surface area contributed by atoms with Gasteiger partial charge in [-0.1, -0.05) is 62.2 Å². The van der Waals surface area contributed by atoms with Crippen molar-refractivity contribution in [2.75, 3.05) is 25.6 Å². The first kappa shape index (κ1) is 38.2. The van der Waals surface area contributed by atoms with E-state index in [1.807, 2.05) is 20.8 Å². The van der Waals surface area contributed by atoms with Gasteiger partial charge in [0.1, 0.15) is 29.4 Å². The van der Waals surface area contributed by atoms with Crippen LogP contribution in [0.2, 0.25) is 10.0 Å². The molecule has 0 saturated carbocycles. The van der Waals surface area contributed by atoms with Crippen LogP contribution in [-0.4, -0.2) is 54.1 Å². The van der Waals surface area contributed by atoms with Gasteiger partial charge in [-0.15, -0.1) is 0 Å². The summed E-state index contributed by atoms with van der Waals surface area (Å²) in [6, 6.07) is 12.1. The van der Waals surface area contributed by atoms with E-state index in [4.69, 9.17) is 42.5 Å². The molecule has 262 valence electrons. The number of nitrogens with zero attached hydrogens (tertiary/aromatic N) is 1. The fraction of sp³-hybridized carbons (Fsp3) is 0.364. The molecule has 1 fully saturated rings. The van der Waals surface area contributed by atoms with Crippen LogP contribution < -0.4 is 15.4 Å². The van der Waals surface area contributed by atoms with Gasteiger partial charge in [0, 0.05) is 22.5 Å². The van der Waals surface area contributed by atoms with Crippen molar-refractivity contribution in [2.45, 2.75) is 50.6 Å². The second kappa shape index (κ2) is 15.1. The normalized spacial score (nSPS) is 20.8. The van der Waals surface area contributed by atoms with E-state index >= 15 is 8.78 Å². The lowest BCUT2D eigenvalue weighted by Gasteiger charge is -2.37. The fourth-order valence-electron chi connectivity index (χ4n) is 6.06. The van der Waals surface area contributed by atoms with Gasteiger partial charge in [-0.3, -0.25) is 9.32 Å². The van der Waals surface area contributed by atoms with Crippen molar-refractivity contribution in [2.24, 2.45) is 5.41 Å². The summed E-state index contributed by atoms with van der Waals surface area (Å²) in [4.78, 5) is 44.3. The number of esters is 1. The number of carbonyl (C=O) groups is 2. The molecule has 0 aromatic heterocycles.